The summed E-state index contributed by atoms with van der Waals surface area (Å²) in [6.07, 6.45) is 0. The van der Waals surface area contributed by atoms with E-state index >= 15 is 0 Å². The fourth-order valence-corrected chi connectivity index (χ4v) is 6.65. The number of para-hydroxylation sites is 5. The summed E-state index contributed by atoms with van der Waals surface area (Å²) in [5.41, 5.74) is 11.9. The minimum atomic E-state index is 0.0916. The molecule has 0 saturated carbocycles. The molecule has 0 radical (unpaired) electrons. The molecule has 2 nitrogen and oxygen atoms in total. The molecule has 5 aromatic carbocycles. The summed E-state index contributed by atoms with van der Waals surface area (Å²) in [6.45, 7) is 4.59. The first kappa shape index (κ1) is 19.1. The van der Waals surface area contributed by atoms with Crippen LogP contribution in [0.1, 0.15) is 11.1 Å². The predicted octanol–water partition coefficient (Wildman–Crippen LogP) is 6.48. The van der Waals surface area contributed by atoms with E-state index in [1.165, 1.54) is 71.4 Å². The first-order valence-corrected chi connectivity index (χ1v) is 12.3. The SMILES string of the molecule is Cc1cccc2c3cccc(C)c3n(B3c4ccccc4-n4c5ccccc5c5cccc3c54)c12. The predicted molar refractivity (Wildman–Crippen MR) is 150 cm³/mol. The van der Waals surface area contributed by atoms with E-state index in [1.54, 1.807) is 0 Å². The Hall–Kier alpha value is -4.24. The fraction of sp³-hybridized carbons (Fsp3) is 0.0625. The average Bonchev–Trinajstić information content (AvgIpc) is 3.41. The lowest BCUT2D eigenvalue weighted by Gasteiger charge is -2.29. The van der Waals surface area contributed by atoms with Crippen LogP contribution in [-0.4, -0.2) is 15.9 Å². The molecule has 7 aromatic rings. The van der Waals surface area contributed by atoms with Crippen LogP contribution in [0.2, 0.25) is 0 Å². The number of fused-ring (bicyclic) bond motifs is 8. The van der Waals surface area contributed by atoms with Gasteiger partial charge in [0.25, 0.3) is 0 Å². The van der Waals surface area contributed by atoms with Crippen molar-refractivity contribution in [2.24, 2.45) is 0 Å². The van der Waals surface area contributed by atoms with E-state index in [1.807, 2.05) is 0 Å². The van der Waals surface area contributed by atoms with Crippen LogP contribution < -0.4 is 10.9 Å². The molecule has 0 spiro atoms. The van der Waals surface area contributed by atoms with Crippen LogP contribution in [0.15, 0.2) is 103 Å². The third-order valence-corrected chi connectivity index (χ3v) is 8.00. The van der Waals surface area contributed by atoms with Crippen LogP contribution in [-0.2, 0) is 0 Å². The Morgan fingerprint density at radius 1 is 0.486 bits per heavy atom. The van der Waals surface area contributed by atoms with Crippen molar-refractivity contribution in [1.82, 2.24) is 9.05 Å². The summed E-state index contributed by atoms with van der Waals surface area (Å²) in [7, 11) is 0. The number of hydrogen-bond acceptors (Lipinski definition) is 0. The van der Waals surface area contributed by atoms with Gasteiger partial charge in [-0.2, -0.15) is 0 Å². The molecule has 3 heteroatoms. The van der Waals surface area contributed by atoms with Gasteiger partial charge in [-0.3, -0.25) is 0 Å². The molecule has 0 fully saturated rings. The molecule has 2 aromatic heterocycles. The highest BCUT2D eigenvalue weighted by atomic mass is 15.0. The molecule has 0 atom stereocenters. The van der Waals surface area contributed by atoms with Crippen molar-refractivity contribution >= 4 is 61.4 Å². The summed E-state index contributed by atoms with van der Waals surface area (Å²) in [6, 6.07) is 38.1. The quantitative estimate of drug-likeness (QED) is 0.256. The van der Waals surface area contributed by atoms with Gasteiger partial charge < -0.3 is 9.05 Å². The Morgan fingerprint density at radius 3 is 1.77 bits per heavy atom. The second-order valence-corrected chi connectivity index (χ2v) is 9.87. The Kier molecular flexibility index (Phi) is 3.64. The third-order valence-electron chi connectivity index (χ3n) is 8.00. The number of rotatable bonds is 1. The van der Waals surface area contributed by atoms with Gasteiger partial charge in [0, 0.05) is 38.3 Å². The summed E-state index contributed by atoms with van der Waals surface area (Å²) in [5.74, 6) is 0. The summed E-state index contributed by atoms with van der Waals surface area (Å²) >= 11 is 0. The number of aromatic nitrogens is 2. The highest BCUT2D eigenvalue weighted by molar-refractivity contribution is 6.88. The smallest absolute Gasteiger partial charge is 0.332 e. The van der Waals surface area contributed by atoms with E-state index < -0.39 is 0 Å². The molecule has 164 valence electrons. The van der Waals surface area contributed by atoms with Crippen molar-refractivity contribution in [2.75, 3.05) is 0 Å². The first-order valence-electron chi connectivity index (χ1n) is 12.3. The molecule has 3 heterocycles. The molecule has 0 unspecified atom stereocenters. The maximum absolute atomic E-state index is 2.63. The van der Waals surface area contributed by atoms with Crippen molar-refractivity contribution in [3.8, 4) is 5.69 Å². The zero-order valence-electron chi connectivity index (χ0n) is 19.8. The molecule has 0 N–H and O–H groups in total. The van der Waals surface area contributed by atoms with Crippen LogP contribution in [0.3, 0.4) is 0 Å². The maximum atomic E-state index is 2.63. The van der Waals surface area contributed by atoms with Gasteiger partial charge >= 0.3 is 6.85 Å². The molecule has 1 aliphatic rings. The van der Waals surface area contributed by atoms with Crippen molar-refractivity contribution in [1.29, 1.82) is 0 Å². The van der Waals surface area contributed by atoms with Gasteiger partial charge in [-0.05, 0) is 48.0 Å². The largest absolute Gasteiger partial charge is 0.375 e. The van der Waals surface area contributed by atoms with Crippen molar-refractivity contribution in [3.63, 3.8) is 0 Å². The maximum Gasteiger partial charge on any atom is 0.332 e. The Labute approximate surface area is 204 Å². The van der Waals surface area contributed by atoms with Crippen molar-refractivity contribution in [2.45, 2.75) is 13.8 Å². The van der Waals surface area contributed by atoms with Gasteiger partial charge in [-0.25, -0.2) is 0 Å². The van der Waals surface area contributed by atoms with E-state index in [0.29, 0.717) is 0 Å². The molecular formula is C32H23BN2. The van der Waals surface area contributed by atoms with E-state index in [9.17, 15) is 0 Å². The van der Waals surface area contributed by atoms with Gasteiger partial charge in [0.05, 0.1) is 11.0 Å². The number of benzene rings is 5. The Morgan fingerprint density at radius 2 is 1.03 bits per heavy atom. The molecule has 35 heavy (non-hydrogen) atoms. The lowest BCUT2D eigenvalue weighted by atomic mass is 9.48. The van der Waals surface area contributed by atoms with Crippen LogP contribution in [0.4, 0.5) is 0 Å². The zero-order chi connectivity index (χ0) is 23.3. The highest BCUT2D eigenvalue weighted by Crippen LogP contribution is 2.37. The molecular weight excluding hydrogens is 423 g/mol. The van der Waals surface area contributed by atoms with E-state index in [2.05, 4.69) is 126 Å². The lowest BCUT2D eigenvalue weighted by molar-refractivity contribution is 1.18. The molecule has 0 bridgehead atoms. The minimum Gasteiger partial charge on any atom is -0.375 e. The molecule has 0 saturated heterocycles. The number of nitrogens with zero attached hydrogens (tertiary/aromatic N) is 2. The van der Waals surface area contributed by atoms with E-state index in [-0.39, 0.29) is 6.85 Å². The lowest BCUT2D eigenvalue weighted by Crippen LogP contribution is -2.53. The molecule has 0 aliphatic carbocycles. The second kappa shape index (κ2) is 6.67. The number of aryl methyl sites for hydroxylation is 2. The first-order chi connectivity index (χ1) is 17.2. The van der Waals surface area contributed by atoms with Crippen molar-refractivity contribution in [3.05, 3.63) is 114 Å². The van der Waals surface area contributed by atoms with E-state index in [0.717, 1.165) is 0 Å². The van der Waals surface area contributed by atoms with Gasteiger partial charge in [-0.1, -0.05) is 91.0 Å². The monoisotopic (exact) mass is 446 g/mol. The molecule has 8 rings (SSSR count). The van der Waals surface area contributed by atoms with Crippen LogP contribution >= 0.6 is 0 Å². The summed E-state index contributed by atoms with van der Waals surface area (Å²) in [4.78, 5) is 0. The summed E-state index contributed by atoms with van der Waals surface area (Å²) in [5, 5.41) is 5.31. The Balaban J connectivity index is 1.64. The normalized spacial score (nSPS) is 12.8. The van der Waals surface area contributed by atoms with Crippen molar-refractivity contribution < 1.29 is 0 Å². The third kappa shape index (κ3) is 2.31. The minimum absolute atomic E-state index is 0.0916. The van der Waals surface area contributed by atoms with Gasteiger partial charge in [0.15, 0.2) is 0 Å². The number of hydrogen-bond donors (Lipinski definition) is 0. The van der Waals surface area contributed by atoms with Crippen LogP contribution in [0.5, 0.6) is 0 Å². The van der Waals surface area contributed by atoms with Crippen LogP contribution in [0, 0.1) is 13.8 Å². The highest BCUT2D eigenvalue weighted by Gasteiger charge is 2.36. The fourth-order valence-electron chi connectivity index (χ4n) is 6.65. The van der Waals surface area contributed by atoms with Gasteiger partial charge in [0.2, 0.25) is 0 Å². The average molecular weight is 446 g/mol. The topological polar surface area (TPSA) is 9.86 Å². The zero-order valence-corrected chi connectivity index (χ0v) is 19.8. The molecule has 0 amide bonds. The van der Waals surface area contributed by atoms with Gasteiger partial charge in [0.1, 0.15) is 0 Å². The van der Waals surface area contributed by atoms with Crippen LogP contribution in [0.25, 0.3) is 49.3 Å². The second-order valence-electron chi connectivity index (χ2n) is 9.87. The van der Waals surface area contributed by atoms with Gasteiger partial charge in [-0.15, -0.1) is 0 Å². The summed E-state index contributed by atoms with van der Waals surface area (Å²) < 4.78 is 5.11. The molecule has 1 aliphatic heterocycles. The van der Waals surface area contributed by atoms with E-state index in [4.69, 9.17) is 0 Å². The Bertz CT molecular complexity index is 1930. The standard InChI is InChI=1S/C32H23BN2/c1-20-10-7-13-24-25-14-8-11-21(2)31(25)35(30(20)24)33-26-16-4-6-19-29(26)34-28-18-5-3-12-22(28)23-15-9-17-27(33)32(23)34/h3-19H,1-2H3.